The topological polar surface area (TPSA) is 142 Å². The first-order chi connectivity index (χ1) is 14.9. The first kappa shape index (κ1) is 21.8. The van der Waals surface area contributed by atoms with Crippen LogP contribution in [0.15, 0.2) is 30.6 Å². The predicted molar refractivity (Wildman–Crippen MR) is 113 cm³/mol. The highest BCUT2D eigenvalue weighted by Gasteiger charge is 2.29. The van der Waals surface area contributed by atoms with E-state index in [-0.39, 0.29) is 32.1 Å². The molecule has 3 amide bonds. The number of rotatable bonds is 10. The molecule has 1 aromatic heterocycles. The van der Waals surface area contributed by atoms with E-state index < -0.39 is 5.97 Å². The summed E-state index contributed by atoms with van der Waals surface area (Å²) in [5.41, 5.74) is 7.70. The highest BCUT2D eigenvalue weighted by Crippen LogP contribution is 2.24. The molecule has 1 fully saturated rings. The van der Waals surface area contributed by atoms with Gasteiger partial charge in [-0.3, -0.25) is 14.5 Å². The zero-order valence-electron chi connectivity index (χ0n) is 17.1. The largest absolute Gasteiger partial charge is 0.481 e. The number of carbonyl (C=O) groups is 3. The van der Waals surface area contributed by atoms with Crippen molar-refractivity contribution < 1.29 is 24.2 Å². The van der Waals surface area contributed by atoms with E-state index in [0.29, 0.717) is 48.1 Å². The molecule has 0 atom stereocenters. The lowest BCUT2D eigenvalue weighted by atomic mass is 10.2. The van der Waals surface area contributed by atoms with Gasteiger partial charge in [0, 0.05) is 31.0 Å². The van der Waals surface area contributed by atoms with Crippen LogP contribution >= 0.6 is 0 Å². The highest BCUT2D eigenvalue weighted by molar-refractivity contribution is 5.94. The predicted octanol–water partition coefficient (Wildman–Crippen LogP) is 1.13. The van der Waals surface area contributed by atoms with Gasteiger partial charge < -0.3 is 25.4 Å². The Morgan fingerprint density at radius 1 is 1.29 bits per heavy atom. The molecule has 3 N–H and O–H groups in total. The van der Waals surface area contributed by atoms with Gasteiger partial charge in [-0.15, -0.1) is 0 Å². The molecule has 0 bridgehead atoms. The fourth-order valence-electron chi connectivity index (χ4n) is 3.16. The Bertz CT molecular complexity index is 952. The Morgan fingerprint density at radius 2 is 2.03 bits per heavy atom. The van der Waals surface area contributed by atoms with Crippen LogP contribution in [0.1, 0.15) is 12.0 Å². The van der Waals surface area contributed by atoms with E-state index in [9.17, 15) is 14.4 Å². The zero-order valence-corrected chi connectivity index (χ0v) is 17.1. The quantitative estimate of drug-likeness (QED) is 0.536. The van der Waals surface area contributed by atoms with Gasteiger partial charge in [0.2, 0.25) is 12.3 Å². The third kappa shape index (κ3) is 5.18. The van der Waals surface area contributed by atoms with E-state index in [0.717, 1.165) is 0 Å². The first-order valence-electron chi connectivity index (χ1n) is 9.71. The van der Waals surface area contributed by atoms with E-state index in [2.05, 4.69) is 9.97 Å². The van der Waals surface area contributed by atoms with Crippen LogP contribution in [-0.4, -0.2) is 71.2 Å². The molecule has 31 heavy (non-hydrogen) atoms. The van der Waals surface area contributed by atoms with Crippen LogP contribution < -0.4 is 20.3 Å². The minimum Gasteiger partial charge on any atom is -0.481 e. The lowest BCUT2D eigenvalue weighted by molar-refractivity contribution is -0.137. The van der Waals surface area contributed by atoms with Crippen molar-refractivity contribution in [1.82, 2.24) is 14.9 Å². The number of nitrogens with two attached hydrogens (primary N) is 1. The number of benzene rings is 1. The monoisotopic (exact) mass is 428 g/mol. The molecule has 0 radical (unpaired) electrons. The summed E-state index contributed by atoms with van der Waals surface area (Å²) < 4.78 is 5.61. The lowest BCUT2D eigenvalue weighted by Gasteiger charge is -2.21. The van der Waals surface area contributed by atoms with Crippen molar-refractivity contribution in [3.63, 3.8) is 0 Å². The standard InChI is InChI=1S/C20H24N6O5/c1-14-18(21)22-12-23-19(14)31-11-10-25(13-27)15-2-4-16(5-3-15)26-9-8-24(20(26)30)7-6-17(28)29/h2-5,12-13H,6-11H2,1H3,(H,28,29)(H2,21,22,23). The lowest BCUT2D eigenvalue weighted by Crippen LogP contribution is -2.33. The molecule has 11 nitrogen and oxygen atoms in total. The average Bonchev–Trinajstić information content (AvgIpc) is 3.13. The van der Waals surface area contributed by atoms with Gasteiger partial charge in [-0.25, -0.2) is 14.8 Å². The number of aromatic nitrogens is 2. The average molecular weight is 428 g/mol. The van der Waals surface area contributed by atoms with Gasteiger partial charge >= 0.3 is 12.0 Å². The van der Waals surface area contributed by atoms with Gasteiger partial charge in [0.15, 0.2) is 0 Å². The van der Waals surface area contributed by atoms with E-state index in [1.54, 1.807) is 36.1 Å². The Hall–Kier alpha value is -3.89. The van der Waals surface area contributed by atoms with Crippen molar-refractivity contribution in [2.45, 2.75) is 13.3 Å². The number of nitrogens with zero attached hydrogens (tertiary/aromatic N) is 5. The summed E-state index contributed by atoms with van der Waals surface area (Å²) in [7, 11) is 0. The Labute approximate surface area is 179 Å². The number of amides is 3. The Kier molecular flexibility index (Phi) is 6.85. The van der Waals surface area contributed by atoms with Crippen molar-refractivity contribution in [3.05, 3.63) is 36.2 Å². The normalized spacial score (nSPS) is 13.4. The van der Waals surface area contributed by atoms with Crippen LogP contribution in [0.2, 0.25) is 0 Å². The van der Waals surface area contributed by atoms with Crippen LogP contribution in [-0.2, 0) is 9.59 Å². The van der Waals surface area contributed by atoms with Crippen LogP contribution in [0, 0.1) is 6.92 Å². The maximum atomic E-state index is 12.5. The molecule has 1 aromatic carbocycles. The number of aliphatic carboxylic acids is 1. The van der Waals surface area contributed by atoms with Gasteiger partial charge in [0.25, 0.3) is 0 Å². The van der Waals surface area contributed by atoms with Crippen LogP contribution in [0.3, 0.4) is 0 Å². The van der Waals surface area contributed by atoms with E-state index >= 15 is 0 Å². The van der Waals surface area contributed by atoms with E-state index in [1.165, 1.54) is 16.1 Å². The second-order valence-electron chi connectivity index (χ2n) is 6.92. The van der Waals surface area contributed by atoms with Crippen LogP contribution in [0.4, 0.5) is 22.0 Å². The van der Waals surface area contributed by atoms with Crippen LogP contribution in [0.25, 0.3) is 0 Å². The maximum absolute atomic E-state index is 12.5. The summed E-state index contributed by atoms with van der Waals surface area (Å²) in [6.07, 6.45) is 1.93. The molecular weight excluding hydrogens is 404 g/mol. The Morgan fingerprint density at radius 3 is 2.71 bits per heavy atom. The second kappa shape index (κ2) is 9.74. The minimum absolute atomic E-state index is 0.0873. The van der Waals surface area contributed by atoms with Crippen molar-refractivity contribution in [2.75, 3.05) is 48.3 Å². The molecule has 2 aromatic rings. The second-order valence-corrected chi connectivity index (χ2v) is 6.92. The molecule has 0 unspecified atom stereocenters. The summed E-state index contributed by atoms with van der Waals surface area (Å²) in [5.74, 6) is -0.230. The van der Waals surface area contributed by atoms with Gasteiger partial charge in [0.05, 0.1) is 18.5 Å². The van der Waals surface area contributed by atoms with Crippen molar-refractivity contribution in [3.8, 4) is 5.88 Å². The molecule has 164 valence electrons. The van der Waals surface area contributed by atoms with Gasteiger partial charge in [-0.05, 0) is 31.2 Å². The molecule has 1 saturated heterocycles. The first-order valence-corrected chi connectivity index (χ1v) is 9.71. The molecule has 2 heterocycles. The molecule has 1 aliphatic rings. The van der Waals surface area contributed by atoms with Gasteiger partial charge in [-0.1, -0.05) is 0 Å². The number of carboxylic acid groups (broad SMARTS) is 1. The molecular formula is C20H24N6O5. The number of anilines is 3. The third-order valence-electron chi connectivity index (χ3n) is 4.96. The van der Waals surface area contributed by atoms with Crippen molar-refractivity contribution >= 4 is 35.6 Å². The van der Waals surface area contributed by atoms with Gasteiger partial charge in [0.1, 0.15) is 18.8 Å². The fourth-order valence-corrected chi connectivity index (χ4v) is 3.16. The fraction of sp³-hybridized carbons (Fsp3) is 0.350. The van der Waals surface area contributed by atoms with Crippen LogP contribution in [0.5, 0.6) is 5.88 Å². The summed E-state index contributed by atoms with van der Waals surface area (Å²) in [4.78, 5) is 47.2. The number of nitrogen functional groups attached to an aromatic ring is 1. The number of ether oxygens (including phenoxy) is 1. The smallest absolute Gasteiger partial charge is 0.324 e. The SMILES string of the molecule is Cc1c(N)ncnc1OCCN(C=O)c1ccc(N2CCN(CCC(=O)O)C2=O)cc1. The molecule has 0 saturated carbocycles. The number of urea groups is 1. The summed E-state index contributed by atoms with van der Waals surface area (Å²) in [5, 5.41) is 8.80. The molecule has 0 spiro atoms. The molecule has 3 rings (SSSR count). The van der Waals surface area contributed by atoms with Gasteiger partial charge in [-0.2, -0.15) is 0 Å². The molecule has 0 aliphatic carbocycles. The number of carboxylic acids is 1. The van der Waals surface area contributed by atoms with E-state index in [4.69, 9.17) is 15.6 Å². The molecule has 1 aliphatic heterocycles. The Balaban J connectivity index is 1.58. The third-order valence-corrected chi connectivity index (χ3v) is 4.96. The zero-order chi connectivity index (χ0) is 22.4. The number of carbonyl (C=O) groups excluding carboxylic acids is 2. The summed E-state index contributed by atoms with van der Waals surface area (Å²) in [6, 6.07) is 6.76. The molecule has 11 heteroatoms. The number of hydrogen-bond acceptors (Lipinski definition) is 7. The van der Waals surface area contributed by atoms with E-state index in [1.807, 2.05) is 0 Å². The summed E-state index contributed by atoms with van der Waals surface area (Å²) >= 11 is 0. The summed E-state index contributed by atoms with van der Waals surface area (Å²) in [6.45, 7) is 3.38. The maximum Gasteiger partial charge on any atom is 0.324 e. The highest BCUT2D eigenvalue weighted by atomic mass is 16.5. The minimum atomic E-state index is -0.938. The van der Waals surface area contributed by atoms with Crippen molar-refractivity contribution in [1.29, 1.82) is 0 Å². The van der Waals surface area contributed by atoms with Crippen molar-refractivity contribution in [2.24, 2.45) is 0 Å². The number of hydrogen-bond donors (Lipinski definition) is 2.